The maximum atomic E-state index is 13.9. The van der Waals surface area contributed by atoms with Gasteiger partial charge in [0.05, 0.1) is 28.6 Å². The summed E-state index contributed by atoms with van der Waals surface area (Å²) in [7, 11) is 0. The third-order valence-electron chi connectivity index (χ3n) is 9.73. The third kappa shape index (κ3) is 13.2. The summed E-state index contributed by atoms with van der Waals surface area (Å²) in [4.78, 5) is 118. The molecule has 6 N–H and O–H groups in total. The molecule has 19 nitrogen and oxygen atoms in total. The molecule has 6 amide bonds. The maximum Gasteiger partial charge on any atom is 1.00 e. The number of ether oxygens (including phenoxy) is 1. The monoisotopic (exact) mass is 920 g/mol. The predicted molar refractivity (Wildman–Crippen MR) is 235 cm³/mol. The fourth-order valence-corrected chi connectivity index (χ4v) is 9.02. The fourth-order valence-electron chi connectivity index (χ4n) is 6.74. The number of aliphatic carboxylic acids is 1. The first-order chi connectivity index (χ1) is 30.5. The van der Waals surface area contributed by atoms with Crippen molar-refractivity contribution in [2.45, 2.75) is 73.4 Å². The van der Waals surface area contributed by atoms with E-state index in [4.69, 9.17) is 4.74 Å². The van der Waals surface area contributed by atoms with Gasteiger partial charge in [0.1, 0.15) is 41.6 Å². The molecule has 0 saturated heterocycles. The molecule has 4 atom stereocenters. The molecule has 2 aromatic heterocycles. The molecule has 2 aromatic carbocycles. The molecule has 6 rings (SSSR count). The summed E-state index contributed by atoms with van der Waals surface area (Å²) in [5, 5.41) is 27.7. The summed E-state index contributed by atoms with van der Waals surface area (Å²) in [6.07, 6.45) is -0.864. The normalized spacial score (nSPS) is 15.7. The van der Waals surface area contributed by atoms with Gasteiger partial charge in [0.15, 0.2) is 0 Å². The van der Waals surface area contributed by atoms with Crippen molar-refractivity contribution >= 4 is 76.5 Å². The number of pyridine rings is 2. The summed E-state index contributed by atoms with van der Waals surface area (Å²) in [6, 6.07) is 18.5. The van der Waals surface area contributed by atoms with E-state index in [0.29, 0.717) is 21.2 Å². The largest absolute Gasteiger partial charge is 1.00 e. The van der Waals surface area contributed by atoms with Crippen LogP contribution >= 0.6 is 23.5 Å². The average Bonchev–Trinajstić information content (AvgIpc) is 3.90. The summed E-state index contributed by atoms with van der Waals surface area (Å²) in [5.41, 5.74) is -1.22. The van der Waals surface area contributed by atoms with Gasteiger partial charge in [0.25, 0.3) is 11.1 Å². The van der Waals surface area contributed by atoms with Crippen LogP contribution in [0.5, 0.6) is 0 Å². The van der Waals surface area contributed by atoms with E-state index in [1.807, 2.05) is 0 Å². The van der Waals surface area contributed by atoms with Crippen LogP contribution in [0.15, 0.2) is 105 Å². The number of alkyl carbamates (subject to hydrolysis) is 1. The Morgan fingerprint density at radius 1 is 0.662 bits per heavy atom. The van der Waals surface area contributed by atoms with Gasteiger partial charge in [0.2, 0.25) is 29.5 Å². The SMILES string of the molecule is CC(C)(C)OC(=O)NCC(=O)Nc1ccc2n(c1=O)[C@H](C(=O)N[C@@H](Cc1ccccc1)C(=O)NCC(=O)Nc1ccc3n(c1=O)[C@H](C(=O)N[C@@H](Cc1ccccc1)C(=O)[O-])CS3)CS2.[Li+]. The number of hydrogen-bond donors (Lipinski definition) is 6. The Labute approximate surface area is 392 Å². The molecule has 0 spiro atoms. The zero-order valence-corrected chi connectivity index (χ0v) is 37.5. The van der Waals surface area contributed by atoms with Crippen LogP contribution in [0.4, 0.5) is 16.2 Å². The van der Waals surface area contributed by atoms with E-state index < -0.39 is 95.6 Å². The zero-order chi connectivity index (χ0) is 46.1. The van der Waals surface area contributed by atoms with Crippen molar-refractivity contribution < 1.29 is 62.3 Å². The van der Waals surface area contributed by atoms with Crippen molar-refractivity contribution in [2.24, 2.45) is 0 Å². The number of hydrogen-bond acceptors (Lipinski definition) is 13. The number of benzene rings is 2. The standard InChI is InChI=1S/C43H46N8O11S2.Li/c1-43(2,3)62-42(61)45-21-33(53)47-27-15-17-34-50(40(27)58)30(22-63-34)37(55)48-28(18-24-10-6-4-7-11-24)36(54)44-20-32(52)46-26-14-16-35-51(39(26)57)31(23-64-35)38(56)49-29(41(59)60)19-25-12-8-5-9-13-25;/h4-17,28-31H,18-23H2,1-3H3,(H,44,54)(H,45,61)(H,46,52)(H,47,53)(H,48,55)(H,49,56)(H,59,60);/q;+1/p-1/t28-,29-,30-,31-;/m0./s1. The molecule has 2 aliphatic heterocycles. The van der Waals surface area contributed by atoms with Gasteiger partial charge < -0.3 is 46.5 Å². The van der Waals surface area contributed by atoms with E-state index >= 15 is 0 Å². The van der Waals surface area contributed by atoms with Crippen LogP contribution in [-0.4, -0.2) is 93.0 Å². The third-order valence-corrected chi connectivity index (χ3v) is 11.9. The van der Waals surface area contributed by atoms with Crippen molar-refractivity contribution in [3.8, 4) is 0 Å². The van der Waals surface area contributed by atoms with E-state index in [1.165, 1.54) is 50.9 Å². The van der Waals surface area contributed by atoms with Gasteiger partial charge in [-0.3, -0.25) is 42.7 Å². The van der Waals surface area contributed by atoms with Gasteiger partial charge in [0, 0.05) is 17.9 Å². The molecular weight excluding hydrogens is 876 g/mol. The van der Waals surface area contributed by atoms with Crippen LogP contribution in [0.25, 0.3) is 0 Å². The van der Waals surface area contributed by atoms with Gasteiger partial charge >= 0.3 is 25.0 Å². The van der Waals surface area contributed by atoms with Gasteiger partial charge in [-0.25, -0.2) is 4.79 Å². The second kappa shape index (κ2) is 22.1. The van der Waals surface area contributed by atoms with E-state index in [0.717, 1.165) is 0 Å². The molecule has 0 bridgehead atoms. The van der Waals surface area contributed by atoms with Crippen LogP contribution in [-0.2, 0) is 46.3 Å². The molecule has 2 aliphatic rings. The summed E-state index contributed by atoms with van der Waals surface area (Å²) in [6.45, 7) is 3.87. The van der Waals surface area contributed by atoms with Crippen LogP contribution in [0.2, 0.25) is 0 Å². The van der Waals surface area contributed by atoms with Crippen LogP contribution in [0.3, 0.4) is 0 Å². The molecule has 22 heteroatoms. The Balaban J connectivity index is 0.00000793. The van der Waals surface area contributed by atoms with Crippen molar-refractivity contribution in [2.75, 3.05) is 35.2 Å². The Morgan fingerprint density at radius 3 is 1.54 bits per heavy atom. The number of nitrogens with zero attached hydrogens (tertiary/aromatic N) is 2. The Kier molecular flexibility index (Phi) is 16.9. The van der Waals surface area contributed by atoms with Crippen molar-refractivity contribution in [3.05, 3.63) is 117 Å². The minimum absolute atomic E-state index is 0. The Morgan fingerprint density at radius 2 is 1.09 bits per heavy atom. The van der Waals surface area contributed by atoms with Gasteiger partial charge in [-0.2, -0.15) is 0 Å². The number of fused-ring (bicyclic) bond motifs is 2. The molecule has 0 fully saturated rings. The van der Waals surface area contributed by atoms with E-state index in [1.54, 1.807) is 87.5 Å². The molecule has 336 valence electrons. The maximum absolute atomic E-state index is 13.9. The smallest absolute Gasteiger partial charge is 0.548 e. The molecule has 65 heavy (non-hydrogen) atoms. The first-order valence-electron chi connectivity index (χ1n) is 20.0. The summed E-state index contributed by atoms with van der Waals surface area (Å²) >= 11 is 2.42. The quantitative estimate of drug-likeness (QED) is 0.0649. The van der Waals surface area contributed by atoms with E-state index in [9.17, 15) is 48.3 Å². The number of carboxylic acids is 1. The Bertz CT molecular complexity index is 2570. The van der Waals surface area contributed by atoms with Gasteiger partial charge in [-0.1, -0.05) is 60.7 Å². The number of carboxylic acid groups (broad SMARTS) is 1. The van der Waals surface area contributed by atoms with Gasteiger partial charge in [-0.05, 0) is 62.6 Å². The fraction of sp³-hybridized carbons (Fsp3) is 0.326. The molecule has 4 heterocycles. The first-order valence-corrected chi connectivity index (χ1v) is 21.9. The minimum atomic E-state index is -1.49. The Hall–Kier alpha value is -6.27. The molecule has 0 radical (unpaired) electrons. The second-order valence-electron chi connectivity index (χ2n) is 15.7. The number of aromatic nitrogens is 2. The number of rotatable bonds is 16. The van der Waals surface area contributed by atoms with Gasteiger partial charge in [-0.15, -0.1) is 23.5 Å². The van der Waals surface area contributed by atoms with Crippen LogP contribution < -0.4 is 67.0 Å². The number of carbonyl (C=O) groups is 7. The van der Waals surface area contributed by atoms with Crippen LogP contribution in [0, 0.1) is 0 Å². The molecule has 4 aromatic rings. The van der Waals surface area contributed by atoms with E-state index in [2.05, 4.69) is 31.9 Å². The number of carbonyl (C=O) groups excluding carboxylic acids is 7. The average molecular weight is 921 g/mol. The first kappa shape index (κ1) is 49.7. The molecule has 0 unspecified atom stereocenters. The summed E-state index contributed by atoms with van der Waals surface area (Å²) < 4.78 is 7.49. The van der Waals surface area contributed by atoms with Crippen LogP contribution in [0.1, 0.15) is 44.0 Å². The topological polar surface area (TPSA) is 268 Å². The predicted octanol–water partition coefficient (Wildman–Crippen LogP) is -2.27. The second-order valence-corrected chi connectivity index (χ2v) is 17.7. The number of thioether (sulfide) groups is 2. The number of nitrogens with one attached hydrogen (secondary N) is 6. The van der Waals surface area contributed by atoms with Crippen molar-refractivity contribution in [1.29, 1.82) is 0 Å². The van der Waals surface area contributed by atoms with E-state index in [-0.39, 0.29) is 54.6 Å². The summed E-state index contributed by atoms with van der Waals surface area (Å²) in [5.74, 6) is -4.91. The minimum Gasteiger partial charge on any atom is -0.548 e. The van der Waals surface area contributed by atoms with Crippen molar-refractivity contribution in [1.82, 2.24) is 30.4 Å². The number of amides is 6. The molecule has 0 saturated carbocycles. The van der Waals surface area contributed by atoms with Crippen molar-refractivity contribution in [3.63, 3.8) is 0 Å². The molecular formula is C43H45LiN8O11S2. The molecule has 0 aliphatic carbocycles. The zero-order valence-electron chi connectivity index (χ0n) is 35.8. The number of anilines is 2.